The quantitative estimate of drug-likeness (QED) is 0.536. The Morgan fingerprint density at radius 3 is 2.44 bits per heavy atom. The molecule has 0 aliphatic rings. The Morgan fingerprint density at radius 2 is 1.80 bits per heavy atom. The van der Waals surface area contributed by atoms with Crippen molar-refractivity contribution in [2.45, 2.75) is 46.4 Å². The number of benzene rings is 2. The predicted molar refractivity (Wildman–Crippen MR) is 108 cm³/mol. The van der Waals surface area contributed by atoms with E-state index in [4.69, 9.17) is 21.1 Å². The maximum absolute atomic E-state index is 6.01. The number of halogens is 2. The fraction of sp³-hybridized carbons (Fsp3) is 0.400. The third-order valence-electron chi connectivity index (χ3n) is 3.93. The third kappa shape index (κ3) is 6.21. The van der Waals surface area contributed by atoms with Crippen LogP contribution in [0.2, 0.25) is 5.02 Å². The zero-order chi connectivity index (χ0) is 18.2. The number of nitrogens with one attached hydrogen (secondary N) is 1. The molecule has 0 spiro atoms. The summed E-state index contributed by atoms with van der Waals surface area (Å²) in [4.78, 5) is 0. The molecule has 2 aromatic rings. The van der Waals surface area contributed by atoms with E-state index in [0.717, 1.165) is 45.1 Å². The summed E-state index contributed by atoms with van der Waals surface area (Å²) in [5, 5.41) is 4.22. The van der Waals surface area contributed by atoms with E-state index in [1.165, 1.54) is 0 Å². The second-order valence-electron chi connectivity index (χ2n) is 5.94. The van der Waals surface area contributed by atoms with E-state index in [9.17, 15) is 0 Å². The van der Waals surface area contributed by atoms with Crippen LogP contribution in [0.25, 0.3) is 0 Å². The van der Waals surface area contributed by atoms with Crippen LogP contribution in [0.1, 0.15) is 38.3 Å². The molecule has 5 heteroatoms. The van der Waals surface area contributed by atoms with Gasteiger partial charge in [-0.15, -0.1) is 0 Å². The first kappa shape index (κ1) is 20.1. The molecule has 0 aliphatic heterocycles. The average molecular weight is 427 g/mol. The molecule has 1 N–H and O–H groups in total. The zero-order valence-electron chi connectivity index (χ0n) is 14.9. The lowest BCUT2D eigenvalue weighted by Gasteiger charge is -2.17. The van der Waals surface area contributed by atoms with Gasteiger partial charge in [-0.3, -0.25) is 0 Å². The molecule has 0 heterocycles. The molecular weight excluding hydrogens is 402 g/mol. The van der Waals surface area contributed by atoms with Crippen molar-refractivity contribution in [2.24, 2.45) is 0 Å². The fourth-order valence-corrected chi connectivity index (χ4v) is 3.03. The zero-order valence-corrected chi connectivity index (χ0v) is 17.3. The first-order valence-electron chi connectivity index (χ1n) is 8.59. The smallest absolute Gasteiger partial charge is 0.175 e. The second kappa shape index (κ2) is 10.0. The van der Waals surface area contributed by atoms with Gasteiger partial charge in [0.05, 0.1) is 11.1 Å². The van der Waals surface area contributed by atoms with Crippen LogP contribution in [0.5, 0.6) is 11.5 Å². The van der Waals surface area contributed by atoms with Gasteiger partial charge in [-0.05, 0) is 71.6 Å². The van der Waals surface area contributed by atoms with Gasteiger partial charge in [-0.25, -0.2) is 0 Å². The first-order valence-corrected chi connectivity index (χ1v) is 9.76. The van der Waals surface area contributed by atoms with E-state index in [1.807, 2.05) is 37.3 Å². The molecule has 136 valence electrons. The van der Waals surface area contributed by atoms with Crippen LogP contribution in [-0.4, -0.2) is 12.6 Å². The van der Waals surface area contributed by atoms with Gasteiger partial charge >= 0.3 is 0 Å². The summed E-state index contributed by atoms with van der Waals surface area (Å²) in [7, 11) is 0. The third-order valence-corrected chi connectivity index (χ3v) is 4.77. The summed E-state index contributed by atoms with van der Waals surface area (Å²) < 4.78 is 12.7. The van der Waals surface area contributed by atoms with Crippen molar-refractivity contribution >= 4 is 27.5 Å². The van der Waals surface area contributed by atoms with Crippen molar-refractivity contribution in [3.63, 3.8) is 0 Å². The van der Waals surface area contributed by atoms with Gasteiger partial charge in [0.1, 0.15) is 6.61 Å². The van der Waals surface area contributed by atoms with Gasteiger partial charge in [0.2, 0.25) is 0 Å². The molecule has 0 fully saturated rings. The number of ether oxygens (including phenoxy) is 2. The van der Waals surface area contributed by atoms with Crippen LogP contribution < -0.4 is 14.8 Å². The largest absolute Gasteiger partial charge is 0.490 e. The maximum atomic E-state index is 6.01. The van der Waals surface area contributed by atoms with Crippen molar-refractivity contribution in [1.82, 2.24) is 5.32 Å². The van der Waals surface area contributed by atoms with Crippen LogP contribution in [0.4, 0.5) is 0 Å². The van der Waals surface area contributed by atoms with Crippen molar-refractivity contribution in [3.8, 4) is 11.5 Å². The Hall–Kier alpha value is -1.23. The van der Waals surface area contributed by atoms with E-state index in [0.29, 0.717) is 19.3 Å². The molecule has 2 aromatic carbocycles. The Kier molecular flexibility index (Phi) is 8.07. The van der Waals surface area contributed by atoms with E-state index < -0.39 is 0 Å². The molecule has 0 saturated carbocycles. The van der Waals surface area contributed by atoms with Gasteiger partial charge in [0.15, 0.2) is 11.5 Å². The summed E-state index contributed by atoms with van der Waals surface area (Å²) in [6, 6.07) is 12.2. The molecule has 0 aromatic heterocycles. The van der Waals surface area contributed by atoms with Crippen LogP contribution in [0, 0.1) is 0 Å². The van der Waals surface area contributed by atoms with Crippen LogP contribution in [0.15, 0.2) is 40.9 Å². The van der Waals surface area contributed by atoms with E-state index in [1.54, 1.807) is 0 Å². The number of hydrogen-bond donors (Lipinski definition) is 1. The van der Waals surface area contributed by atoms with Crippen molar-refractivity contribution < 1.29 is 9.47 Å². The molecule has 3 nitrogen and oxygen atoms in total. The first-order chi connectivity index (χ1) is 12.0. The van der Waals surface area contributed by atoms with E-state index in [-0.39, 0.29) is 0 Å². The Morgan fingerprint density at radius 1 is 1.08 bits per heavy atom. The maximum Gasteiger partial charge on any atom is 0.175 e. The Bertz CT molecular complexity index is 676. The van der Waals surface area contributed by atoms with Crippen molar-refractivity contribution in [2.75, 3.05) is 6.61 Å². The van der Waals surface area contributed by atoms with Gasteiger partial charge in [-0.1, -0.05) is 30.7 Å². The monoisotopic (exact) mass is 425 g/mol. The molecule has 0 radical (unpaired) electrons. The molecule has 0 unspecified atom stereocenters. The molecule has 0 bridgehead atoms. The fourth-order valence-electron chi connectivity index (χ4n) is 2.30. The van der Waals surface area contributed by atoms with Crippen LogP contribution >= 0.6 is 27.5 Å². The minimum atomic E-state index is 0.459. The molecule has 0 saturated heterocycles. The SMILES string of the molecule is CCOc1cc(CN[C@@H](C)CC)cc(Br)c1OCc1ccc(Cl)cc1. The highest BCUT2D eigenvalue weighted by Crippen LogP contribution is 2.37. The van der Waals surface area contributed by atoms with Gasteiger partial charge < -0.3 is 14.8 Å². The number of hydrogen-bond acceptors (Lipinski definition) is 3. The Labute approximate surface area is 163 Å². The second-order valence-corrected chi connectivity index (χ2v) is 7.23. The standard InChI is InChI=1S/C20H25BrClNO2/c1-4-14(3)23-12-16-10-18(21)20(19(11-16)24-5-2)25-13-15-6-8-17(22)9-7-15/h6-11,14,23H,4-5,12-13H2,1-3H3/t14-/m0/s1. The highest BCUT2D eigenvalue weighted by molar-refractivity contribution is 9.10. The van der Waals surface area contributed by atoms with Gasteiger partial charge in [0, 0.05) is 17.6 Å². The Balaban J connectivity index is 2.13. The van der Waals surface area contributed by atoms with Gasteiger partial charge in [0.25, 0.3) is 0 Å². The van der Waals surface area contributed by atoms with Crippen LogP contribution in [0.3, 0.4) is 0 Å². The summed E-state index contributed by atoms with van der Waals surface area (Å²) in [6.07, 6.45) is 1.10. The lowest BCUT2D eigenvalue weighted by atomic mass is 10.1. The van der Waals surface area contributed by atoms with E-state index in [2.05, 4.69) is 41.2 Å². The summed E-state index contributed by atoms with van der Waals surface area (Å²) in [6.45, 7) is 8.17. The van der Waals surface area contributed by atoms with E-state index >= 15 is 0 Å². The minimum absolute atomic E-state index is 0.459. The molecular formula is C20H25BrClNO2. The van der Waals surface area contributed by atoms with Crippen LogP contribution in [-0.2, 0) is 13.2 Å². The lowest BCUT2D eigenvalue weighted by Crippen LogP contribution is -2.24. The van der Waals surface area contributed by atoms with Gasteiger partial charge in [-0.2, -0.15) is 0 Å². The van der Waals surface area contributed by atoms with Crippen molar-refractivity contribution in [1.29, 1.82) is 0 Å². The normalized spacial score (nSPS) is 12.0. The highest BCUT2D eigenvalue weighted by atomic mass is 79.9. The summed E-state index contributed by atoms with van der Waals surface area (Å²) in [5.74, 6) is 1.48. The molecule has 0 amide bonds. The number of rotatable bonds is 9. The highest BCUT2D eigenvalue weighted by Gasteiger charge is 2.13. The molecule has 0 aliphatic carbocycles. The lowest BCUT2D eigenvalue weighted by molar-refractivity contribution is 0.267. The summed E-state index contributed by atoms with van der Waals surface area (Å²) in [5.41, 5.74) is 2.22. The molecule has 2 rings (SSSR count). The minimum Gasteiger partial charge on any atom is -0.490 e. The molecule has 25 heavy (non-hydrogen) atoms. The molecule has 1 atom stereocenters. The van der Waals surface area contributed by atoms with Crippen molar-refractivity contribution in [3.05, 3.63) is 57.0 Å². The topological polar surface area (TPSA) is 30.5 Å². The predicted octanol–water partition coefficient (Wildman–Crippen LogP) is 5.97. The average Bonchev–Trinajstić information content (AvgIpc) is 2.60. The summed E-state index contributed by atoms with van der Waals surface area (Å²) >= 11 is 9.55.